The maximum atomic E-state index is 12.7. The monoisotopic (exact) mass is 352 g/mol. The number of barbiturate groups is 1. The Morgan fingerprint density at radius 1 is 1.23 bits per heavy atom. The van der Waals surface area contributed by atoms with Crippen LogP contribution in [0.2, 0.25) is 0 Å². The van der Waals surface area contributed by atoms with Gasteiger partial charge < -0.3 is 4.74 Å². The molecule has 1 aromatic heterocycles. The van der Waals surface area contributed by atoms with Crippen molar-refractivity contribution in [1.29, 1.82) is 0 Å². The molecule has 1 N–H and O–H groups in total. The number of urea groups is 1. The van der Waals surface area contributed by atoms with E-state index in [2.05, 4.69) is 15.3 Å². The van der Waals surface area contributed by atoms with Crippen molar-refractivity contribution in [3.8, 4) is 5.75 Å². The molecule has 8 heteroatoms. The van der Waals surface area contributed by atoms with Crippen molar-refractivity contribution in [2.24, 2.45) is 10.9 Å². The zero-order valence-electron chi connectivity index (χ0n) is 14.0. The van der Waals surface area contributed by atoms with Crippen molar-refractivity contribution < 1.29 is 19.1 Å². The molecule has 0 unspecified atom stereocenters. The van der Waals surface area contributed by atoms with Crippen molar-refractivity contribution in [1.82, 2.24) is 10.3 Å². The summed E-state index contributed by atoms with van der Waals surface area (Å²) in [6, 6.07) is 11.0. The van der Waals surface area contributed by atoms with Gasteiger partial charge in [-0.15, -0.1) is 0 Å². The lowest BCUT2D eigenvalue weighted by Crippen LogP contribution is -2.58. The molecule has 3 rings (SSSR count). The van der Waals surface area contributed by atoms with E-state index in [0.717, 1.165) is 4.90 Å². The predicted octanol–water partition coefficient (Wildman–Crippen LogP) is 1.56. The molecule has 1 saturated heterocycles. The molecule has 0 radical (unpaired) electrons. The number of carbonyl (C=O) groups excluding carboxylic acids is 3. The van der Waals surface area contributed by atoms with Gasteiger partial charge in [-0.25, -0.2) is 9.69 Å². The number of pyridine rings is 1. The third-order valence-electron chi connectivity index (χ3n) is 3.75. The number of anilines is 1. The maximum absolute atomic E-state index is 12.7. The van der Waals surface area contributed by atoms with Crippen molar-refractivity contribution in [3.05, 3.63) is 54.4 Å². The topological polar surface area (TPSA) is 101 Å². The molecular formula is C18H16N4O4. The number of imide groups is 2. The Hall–Kier alpha value is -3.55. The van der Waals surface area contributed by atoms with Gasteiger partial charge in [-0.2, -0.15) is 0 Å². The first-order chi connectivity index (χ1) is 12.6. The summed E-state index contributed by atoms with van der Waals surface area (Å²) in [6.45, 7) is 0.227. The molecule has 1 aliphatic rings. The normalized spacial score (nSPS) is 17.5. The molecule has 26 heavy (non-hydrogen) atoms. The van der Waals surface area contributed by atoms with Gasteiger partial charge in [0.1, 0.15) is 5.75 Å². The fraction of sp³-hybridized carbons (Fsp3) is 0.167. The van der Waals surface area contributed by atoms with E-state index >= 15 is 0 Å². The number of hydrogen-bond acceptors (Lipinski definition) is 6. The van der Waals surface area contributed by atoms with Gasteiger partial charge in [0.25, 0.3) is 5.91 Å². The summed E-state index contributed by atoms with van der Waals surface area (Å²) < 4.78 is 5.11. The zero-order chi connectivity index (χ0) is 18.5. The summed E-state index contributed by atoms with van der Waals surface area (Å²) in [6.07, 6.45) is 2.87. The highest BCUT2D eigenvalue weighted by Crippen LogP contribution is 2.24. The average molecular weight is 352 g/mol. The van der Waals surface area contributed by atoms with E-state index in [0.29, 0.717) is 17.1 Å². The van der Waals surface area contributed by atoms with Crippen LogP contribution in [-0.2, 0) is 16.1 Å². The number of aromatic nitrogens is 1. The molecule has 2 aromatic rings. The van der Waals surface area contributed by atoms with Crippen LogP contribution in [0, 0.1) is 5.92 Å². The quantitative estimate of drug-likeness (QED) is 0.650. The summed E-state index contributed by atoms with van der Waals surface area (Å²) in [5, 5.41) is 2.17. The van der Waals surface area contributed by atoms with Gasteiger partial charge in [-0.1, -0.05) is 12.1 Å². The highest BCUT2D eigenvalue weighted by molar-refractivity contribution is 6.32. The number of methoxy groups -OCH3 is 1. The number of hydrogen-bond donors (Lipinski definition) is 1. The van der Waals surface area contributed by atoms with Crippen LogP contribution in [-0.4, -0.2) is 36.2 Å². The van der Waals surface area contributed by atoms with E-state index in [4.69, 9.17) is 4.74 Å². The molecule has 0 spiro atoms. The van der Waals surface area contributed by atoms with Crippen molar-refractivity contribution in [2.45, 2.75) is 6.54 Å². The van der Waals surface area contributed by atoms with Crippen LogP contribution in [0.1, 0.15) is 5.69 Å². The average Bonchev–Trinajstić information content (AvgIpc) is 2.65. The van der Waals surface area contributed by atoms with E-state index in [9.17, 15) is 14.4 Å². The Kier molecular flexibility index (Phi) is 5.02. The highest BCUT2D eigenvalue weighted by Gasteiger charge is 2.40. The van der Waals surface area contributed by atoms with Crippen LogP contribution < -0.4 is 15.0 Å². The third kappa shape index (κ3) is 3.59. The molecular weight excluding hydrogens is 336 g/mol. The first kappa shape index (κ1) is 17.3. The smallest absolute Gasteiger partial charge is 0.335 e. The van der Waals surface area contributed by atoms with E-state index < -0.39 is 23.8 Å². The fourth-order valence-corrected chi connectivity index (χ4v) is 2.46. The van der Waals surface area contributed by atoms with E-state index in [1.807, 2.05) is 6.07 Å². The van der Waals surface area contributed by atoms with Crippen molar-refractivity contribution >= 4 is 29.7 Å². The van der Waals surface area contributed by atoms with Crippen LogP contribution in [0.15, 0.2) is 53.7 Å². The second-order valence-corrected chi connectivity index (χ2v) is 5.46. The number of amides is 4. The summed E-state index contributed by atoms with van der Waals surface area (Å²) in [4.78, 5) is 46.0. The number of carbonyl (C=O) groups is 3. The Bertz CT molecular complexity index is 867. The number of rotatable bonds is 5. The Labute approximate surface area is 149 Å². The Balaban J connectivity index is 1.81. The van der Waals surface area contributed by atoms with Gasteiger partial charge in [0.05, 0.1) is 25.0 Å². The van der Waals surface area contributed by atoms with E-state index in [1.54, 1.807) is 36.5 Å². The summed E-state index contributed by atoms with van der Waals surface area (Å²) >= 11 is 0. The summed E-state index contributed by atoms with van der Waals surface area (Å²) in [5.74, 6) is -2.08. The second-order valence-electron chi connectivity index (χ2n) is 5.46. The summed E-state index contributed by atoms with van der Waals surface area (Å²) in [5.41, 5.74) is 1.01. The number of aliphatic imine (C=N–C) groups is 1. The highest BCUT2D eigenvalue weighted by atomic mass is 16.5. The van der Waals surface area contributed by atoms with Gasteiger partial charge in [0, 0.05) is 18.5 Å². The summed E-state index contributed by atoms with van der Waals surface area (Å²) in [7, 11) is 1.48. The molecule has 1 aliphatic heterocycles. The van der Waals surface area contributed by atoms with Crippen molar-refractivity contribution in [3.63, 3.8) is 0 Å². The first-order valence-electron chi connectivity index (χ1n) is 7.83. The maximum Gasteiger partial charge on any atom is 0.335 e. The van der Waals surface area contributed by atoms with Gasteiger partial charge in [-0.3, -0.25) is 24.9 Å². The number of ether oxygens (including phenoxy) is 1. The number of nitrogens with one attached hydrogen (secondary N) is 1. The molecule has 132 valence electrons. The SMILES string of the molecule is COc1cccc(N2C(=O)NC(=O)[C@H](C=NCc3ccccn3)C2=O)c1. The number of benzene rings is 1. The minimum Gasteiger partial charge on any atom is -0.497 e. The van der Waals surface area contributed by atoms with Crippen LogP contribution in [0.4, 0.5) is 10.5 Å². The van der Waals surface area contributed by atoms with Gasteiger partial charge in [0.2, 0.25) is 5.91 Å². The lowest BCUT2D eigenvalue weighted by Gasteiger charge is -2.28. The molecule has 1 aromatic carbocycles. The van der Waals surface area contributed by atoms with Gasteiger partial charge >= 0.3 is 6.03 Å². The lowest BCUT2D eigenvalue weighted by atomic mass is 10.1. The lowest BCUT2D eigenvalue weighted by molar-refractivity contribution is -0.131. The van der Waals surface area contributed by atoms with Crippen LogP contribution >= 0.6 is 0 Å². The van der Waals surface area contributed by atoms with Gasteiger partial charge in [0.15, 0.2) is 5.92 Å². The molecule has 2 heterocycles. The molecule has 1 fully saturated rings. The Morgan fingerprint density at radius 3 is 2.81 bits per heavy atom. The third-order valence-corrected chi connectivity index (χ3v) is 3.75. The predicted molar refractivity (Wildman–Crippen MR) is 93.9 cm³/mol. The minimum absolute atomic E-state index is 0.227. The zero-order valence-corrected chi connectivity index (χ0v) is 14.0. The second kappa shape index (κ2) is 7.56. The van der Waals surface area contributed by atoms with Crippen LogP contribution in [0.3, 0.4) is 0 Å². The largest absolute Gasteiger partial charge is 0.497 e. The van der Waals surface area contributed by atoms with E-state index in [-0.39, 0.29) is 6.54 Å². The number of nitrogens with zero attached hydrogens (tertiary/aromatic N) is 3. The van der Waals surface area contributed by atoms with E-state index in [1.165, 1.54) is 19.4 Å². The fourth-order valence-electron chi connectivity index (χ4n) is 2.46. The molecule has 8 nitrogen and oxygen atoms in total. The van der Waals surface area contributed by atoms with Crippen LogP contribution in [0.5, 0.6) is 5.75 Å². The van der Waals surface area contributed by atoms with Gasteiger partial charge in [-0.05, 0) is 24.3 Å². The minimum atomic E-state index is -1.19. The van der Waals surface area contributed by atoms with Crippen molar-refractivity contribution in [2.75, 3.05) is 12.0 Å². The molecule has 0 saturated carbocycles. The molecule has 4 amide bonds. The van der Waals surface area contributed by atoms with Crippen LogP contribution in [0.25, 0.3) is 0 Å². The standard InChI is InChI=1S/C18H16N4O4/c1-26-14-7-4-6-13(9-14)22-17(24)15(16(23)21-18(22)25)11-19-10-12-5-2-3-8-20-12/h2-9,11,15H,10H2,1H3,(H,21,23,25)/t15-/m0/s1. The first-order valence-corrected chi connectivity index (χ1v) is 7.83. The molecule has 0 bridgehead atoms. The molecule has 1 atom stereocenters. The molecule has 0 aliphatic carbocycles. The Morgan fingerprint density at radius 2 is 2.08 bits per heavy atom.